The van der Waals surface area contributed by atoms with Gasteiger partial charge in [0.15, 0.2) is 5.69 Å². The molecule has 0 unspecified atom stereocenters. The van der Waals surface area contributed by atoms with Gasteiger partial charge in [0.2, 0.25) is 0 Å². The number of rotatable bonds is 1. The summed E-state index contributed by atoms with van der Waals surface area (Å²) in [7, 11) is 0. The minimum absolute atomic E-state index is 0.524. The maximum absolute atomic E-state index is 9.14. The fourth-order valence-electron chi connectivity index (χ4n) is 2.72. The number of aromatic nitrogens is 2. The highest BCUT2D eigenvalue weighted by atomic mass is 32.1. The van der Waals surface area contributed by atoms with Gasteiger partial charge in [-0.2, -0.15) is 5.26 Å². The molecule has 3 rings (SSSR count). The number of nitrogens with zero attached hydrogens (tertiary/aromatic N) is 3. The Morgan fingerprint density at radius 2 is 2.06 bits per heavy atom. The quantitative estimate of drug-likeness (QED) is 0.778. The van der Waals surface area contributed by atoms with Crippen LogP contribution in [0.15, 0.2) is 6.07 Å². The van der Waals surface area contributed by atoms with Crippen LogP contribution in [-0.2, 0) is 0 Å². The Hall–Kier alpha value is -1.47. The lowest BCUT2D eigenvalue weighted by Crippen LogP contribution is -2.02. The number of fused-ring (bicyclic) bond motifs is 1. The van der Waals surface area contributed by atoms with Crippen LogP contribution in [0, 0.1) is 18.3 Å². The molecule has 1 fully saturated rings. The Morgan fingerprint density at radius 3 is 2.78 bits per heavy atom. The number of thiophene rings is 1. The van der Waals surface area contributed by atoms with Gasteiger partial charge in [-0.25, -0.2) is 9.97 Å². The molecule has 4 heteroatoms. The van der Waals surface area contributed by atoms with E-state index in [9.17, 15) is 0 Å². The van der Waals surface area contributed by atoms with Crippen LogP contribution in [0.5, 0.6) is 0 Å². The van der Waals surface area contributed by atoms with Crippen molar-refractivity contribution in [2.24, 2.45) is 0 Å². The van der Waals surface area contributed by atoms with Crippen molar-refractivity contribution in [2.45, 2.75) is 44.9 Å². The molecular formula is C14H15N3S. The van der Waals surface area contributed by atoms with Crippen LogP contribution in [-0.4, -0.2) is 9.97 Å². The Kier molecular flexibility index (Phi) is 3.00. The standard InChI is InChI=1S/C14H15N3S/c1-9-16-12(8-15)11-7-13(18-14(11)17-9)10-5-3-2-4-6-10/h7,10H,2-6H2,1H3. The molecule has 2 heterocycles. The molecule has 3 nitrogen and oxygen atoms in total. The van der Waals surface area contributed by atoms with Gasteiger partial charge < -0.3 is 0 Å². The second kappa shape index (κ2) is 4.66. The molecule has 92 valence electrons. The Labute approximate surface area is 110 Å². The monoisotopic (exact) mass is 257 g/mol. The van der Waals surface area contributed by atoms with Crippen molar-refractivity contribution in [1.29, 1.82) is 5.26 Å². The summed E-state index contributed by atoms with van der Waals surface area (Å²) in [5, 5.41) is 10.1. The van der Waals surface area contributed by atoms with Crippen LogP contribution >= 0.6 is 11.3 Å². The molecule has 0 bridgehead atoms. The molecule has 0 amide bonds. The molecule has 1 aliphatic carbocycles. The minimum atomic E-state index is 0.524. The third-order valence-electron chi connectivity index (χ3n) is 3.64. The number of aryl methyl sites for hydroxylation is 1. The molecule has 0 radical (unpaired) electrons. The summed E-state index contributed by atoms with van der Waals surface area (Å²) >= 11 is 1.75. The first-order valence-corrected chi connectivity index (χ1v) is 7.28. The maximum atomic E-state index is 9.14. The zero-order valence-corrected chi connectivity index (χ0v) is 11.3. The first kappa shape index (κ1) is 11.6. The number of hydrogen-bond acceptors (Lipinski definition) is 4. The molecule has 2 aromatic heterocycles. The molecule has 18 heavy (non-hydrogen) atoms. The van der Waals surface area contributed by atoms with E-state index in [1.807, 2.05) is 6.92 Å². The first-order chi connectivity index (χ1) is 8.78. The molecule has 1 aliphatic rings. The summed E-state index contributed by atoms with van der Waals surface area (Å²) < 4.78 is 0. The minimum Gasteiger partial charge on any atom is -0.222 e. The average molecular weight is 257 g/mol. The van der Waals surface area contributed by atoms with Crippen LogP contribution in [0.4, 0.5) is 0 Å². The van der Waals surface area contributed by atoms with Crippen LogP contribution in [0.25, 0.3) is 10.2 Å². The largest absolute Gasteiger partial charge is 0.222 e. The lowest BCUT2D eigenvalue weighted by Gasteiger charge is -2.19. The van der Waals surface area contributed by atoms with Crippen molar-refractivity contribution in [3.8, 4) is 6.07 Å². The molecule has 0 spiro atoms. The molecule has 0 atom stereocenters. The van der Waals surface area contributed by atoms with Gasteiger partial charge in [0.05, 0.1) is 0 Å². The highest BCUT2D eigenvalue weighted by Gasteiger charge is 2.19. The van der Waals surface area contributed by atoms with Gasteiger partial charge in [0, 0.05) is 10.3 Å². The van der Waals surface area contributed by atoms with Crippen molar-refractivity contribution in [3.63, 3.8) is 0 Å². The summed E-state index contributed by atoms with van der Waals surface area (Å²) in [5.74, 6) is 1.36. The van der Waals surface area contributed by atoms with E-state index in [0.29, 0.717) is 17.4 Å². The second-order valence-corrected chi connectivity index (χ2v) is 6.00. The van der Waals surface area contributed by atoms with E-state index in [1.54, 1.807) is 11.3 Å². The van der Waals surface area contributed by atoms with Gasteiger partial charge in [0.25, 0.3) is 0 Å². The van der Waals surface area contributed by atoms with Crippen LogP contribution < -0.4 is 0 Å². The zero-order chi connectivity index (χ0) is 12.5. The zero-order valence-electron chi connectivity index (χ0n) is 10.4. The predicted octanol–water partition coefficient (Wildman–Crippen LogP) is 3.92. The SMILES string of the molecule is Cc1nc(C#N)c2cc(C3CCCCC3)sc2n1. The van der Waals surface area contributed by atoms with Gasteiger partial charge in [-0.1, -0.05) is 19.3 Å². The maximum Gasteiger partial charge on any atom is 0.152 e. The summed E-state index contributed by atoms with van der Waals surface area (Å²) in [6, 6.07) is 4.33. The molecule has 2 aromatic rings. The van der Waals surface area contributed by atoms with Gasteiger partial charge in [-0.15, -0.1) is 11.3 Å². The van der Waals surface area contributed by atoms with E-state index >= 15 is 0 Å². The lowest BCUT2D eigenvalue weighted by molar-refractivity contribution is 0.448. The van der Waals surface area contributed by atoms with Crippen molar-refractivity contribution >= 4 is 21.6 Å². The molecule has 0 aliphatic heterocycles. The van der Waals surface area contributed by atoms with Gasteiger partial charge in [-0.3, -0.25) is 0 Å². The number of nitriles is 1. The van der Waals surface area contributed by atoms with E-state index < -0.39 is 0 Å². The Bertz CT molecular complexity index is 618. The van der Waals surface area contributed by atoms with Crippen LogP contribution in [0.1, 0.15) is 54.4 Å². The summed E-state index contributed by atoms with van der Waals surface area (Å²) in [6.07, 6.45) is 6.58. The van der Waals surface area contributed by atoms with Crippen molar-refractivity contribution < 1.29 is 0 Å². The summed E-state index contributed by atoms with van der Waals surface area (Å²) in [5.41, 5.74) is 0.524. The average Bonchev–Trinajstić information content (AvgIpc) is 2.82. The van der Waals surface area contributed by atoms with E-state index in [1.165, 1.54) is 37.0 Å². The van der Waals surface area contributed by atoms with Gasteiger partial charge in [-0.05, 0) is 31.7 Å². The predicted molar refractivity (Wildman–Crippen MR) is 72.7 cm³/mol. The fourth-order valence-corrected chi connectivity index (χ4v) is 3.97. The molecule has 1 saturated carbocycles. The third kappa shape index (κ3) is 1.99. The van der Waals surface area contributed by atoms with Crippen molar-refractivity contribution in [3.05, 3.63) is 22.5 Å². The topological polar surface area (TPSA) is 49.6 Å². The van der Waals surface area contributed by atoms with Crippen molar-refractivity contribution in [2.75, 3.05) is 0 Å². The van der Waals surface area contributed by atoms with E-state index in [4.69, 9.17) is 5.26 Å². The molecule has 0 N–H and O–H groups in total. The molecule has 0 saturated heterocycles. The lowest BCUT2D eigenvalue weighted by atomic mass is 9.88. The van der Waals surface area contributed by atoms with Crippen molar-refractivity contribution in [1.82, 2.24) is 9.97 Å². The normalized spacial score (nSPS) is 16.9. The number of hydrogen-bond donors (Lipinski definition) is 0. The van der Waals surface area contributed by atoms with Crippen LogP contribution in [0.2, 0.25) is 0 Å². The third-order valence-corrected chi connectivity index (χ3v) is 4.83. The fraction of sp³-hybridized carbons (Fsp3) is 0.500. The Morgan fingerprint density at radius 1 is 1.28 bits per heavy atom. The summed E-state index contributed by atoms with van der Waals surface area (Å²) in [6.45, 7) is 1.85. The smallest absolute Gasteiger partial charge is 0.152 e. The van der Waals surface area contributed by atoms with Crippen LogP contribution in [0.3, 0.4) is 0 Å². The van der Waals surface area contributed by atoms with Gasteiger partial charge in [0.1, 0.15) is 16.7 Å². The highest BCUT2D eigenvalue weighted by molar-refractivity contribution is 7.18. The first-order valence-electron chi connectivity index (χ1n) is 6.46. The molecular weight excluding hydrogens is 242 g/mol. The van der Waals surface area contributed by atoms with Gasteiger partial charge >= 0.3 is 0 Å². The van der Waals surface area contributed by atoms with E-state index in [0.717, 1.165) is 10.2 Å². The Balaban J connectivity index is 2.07. The van der Waals surface area contributed by atoms with E-state index in [-0.39, 0.29) is 0 Å². The summed E-state index contributed by atoms with van der Waals surface area (Å²) in [4.78, 5) is 11.0. The molecule has 0 aromatic carbocycles. The second-order valence-electron chi connectivity index (χ2n) is 4.93. The van der Waals surface area contributed by atoms with E-state index in [2.05, 4.69) is 22.1 Å². The highest BCUT2D eigenvalue weighted by Crippen LogP contribution is 2.38.